The van der Waals surface area contributed by atoms with Gasteiger partial charge in [0.15, 0.2) is 5.67 Å². The van der Waals surface area contributed by atoms with Crippen LogP contribution in [0.2, 0.25) is 0 Å². The third kappa shape index (κ3) is 4.11. The minimum Gasteiger partial charge on any atom is -0.450 e. The highest BCUT2D eigenvalue weighted by Gasteiger charge is 2.52. The molecule has 1 atom stereocenters. The van der Waals surface area contributed by atoms with E-state index in [-0.39, 0.29) is 11.5 Å². The molecule has 3 fully saturated rings. The molecular formula is C24H31F2N5O2. The Kier molecular flexibility index (Phi) is 5.63. The van der Waals surface area contributed by atoms with Crippen molar-refractivity contribution in [2.24, 2.45) is 12.5 Å². The number of carbonyl (C=O) groups is 1. The first-order valence-electron chi connectivity index (χ1n) is 11.8. The smallest absolute Gasteiger partial charge is 0.409 e. The summed E-state index contributed by atoms with van der Waals surface area (Å²) in [5.41, 5.74) is 0.0556. The van der Waals surface area contributed by atoms with E-state index in [1.165, 1.54) is 6.07 Å². The standard InChI is InChI=1S/C24H31F2N5O2/c1-3-33-22(32)31-15-23(16-31)5-4-19(11-23)30-8-6-24(26,7-9-30)21-20(10-18(25)13-27-21)17-12-28-29(2)14-17/h10,12-14,19H,3-9,11,15-16H2,1-2H3/t19-/m0/s1. The summed E-state index contributed by atoms with van der Waals surface area (Å²) in [5, 5.41) is 4.15. The van der Waals surface area contributed by atoms with Gasteiger partial charge in [0, 0.05) is 62.0 Å². The molecule has 3 aliphatic rings. The number of nitrogens with zero attached hydrogens (tertiary/aromatic N) is 5. The molecule has 1 aliphatic carbocycles. The molecule has 0 aromatic carbocycles. The second kappa shape index (κ2) is 8.34. The molecule has 1 amide bonds. The molecule has 9 heteroatoms. The van der Waals surface area contributed by atoms with E-state index in [0.717, 1.165) is 38.5 Å². The van der Waals surface area contributed by atoms with E-state index in [9.17, 15) is 9.18 Å². The monoisotopic (exact) mass is 459 g/mol. The Hall–Kier alpha value is -2.55. The van der Waals surface area contributed by atoms with Gasteiger partial charge >= 0.3 is 6.09 Å². The van der Waals surface area contributed by atoms with Crippen LogP contribution in [0.1, 0.15) is 44.7 Å². The average molecular weight is 460 g/mol. The van der Waals surface area contributed by atoms with Crippen LogP contribution in [-0.2, 0) is 17.5 Å². The number of aryl methyl sites for hydroxylation is 1. The first kappa shape index (κ1) is 22.3. The average Bonchev–Trinajstić information content (AvgIpc) is 3.40. The van der Waals surface area contributed by atoms with Crippen LogP contribution in [0.15, 0.2) is 24.7 Å². The Morgan fingerprint density at radius 1 is 1.24 bits per heavy atom. The van der Waals surface area contributed by atoms with Gasteiger partial charge in [-0.1, -0.05) is 0 Å². The topological polar surface area (TPSA) is 63.5 Å². The minimum absolute atomic E-state index is 0.188. The zero-order chi connectivity index (χ0) is 23.2. The van der Waals surface area contributed by atoms with Gasteiger partial charge in [0.25, 0.3) is 0 Å². The van der Waals surface area contributed by atoms with Gasteiger partial charge in [-0.05, 0) is 45.1 Å². The predicted octanol–water partition coefficient (Wildman–Crippen LogP) is 3.89. The van der Waals surface area contributed by atoms with Crippen molar-refractivity contribution in [3.05, 3.63) is 36.2 Å². The van der Waals surface area contributed by atoms with Crippen molar-refractivity contribution in [1.82, 2.24) is 24.6 Å². The van der Waals surface area contributed by atoms with Crippen molar-refractivity contribution in [3.8, 4) is 11.1 Å². The van der Waals surface area contributed by atoms with Crippen molar-refractivity contribution in [2.45, 2.75) is 50.7 Å². The molecule has 0 radical (unpaired) electrons. The molecule has 2 saturated heterocycles. The molecule has 5 rings (SSSR count). The lowest BCUT2D eigenvalue weighted by molar-refractivity contribution is -0.00896. The van der Waals surface area contributed by atoms with Crippen LogP contribution in [0.25, 0.3) is 11.1 Å². The molecule has 7 nitrogen and oxygen atoms in total. The van der Waals surface area contributed by atoms with Crippen LogP contribution in [0.5, 0.6) is 0 Å². The first-order chi connectivity index (χ1) is 15.8. The summed E-state index contributed by atoms with van der Waals surface area (Å²) in [6.45, 7) is 5.03. The third-order valence-electron chi connectivity index (χ3n) is 7.66. The number of pyridine rings is 1. The summed E-state index contributed by atoms with van der Waals surface area (Å²) in [4.78, 5) is 20.3. The van der Waals surface area contributed by atoms with Crippen LogP contribution in [0.4, 0.5) is 13.6 Å². The maximum absolute atomic E-state index is 16.2. The van der Waals surface area contributed by atoms with Crippen LogP contribution in [0.3, 0.4) is 0 Å². The van der Waals surface area contributed by atoms with E-state index in [0.29, 0.717) is 55.4 Å². The highest BCUT2D eigenvalue weighted by atomic mass is 19.1. The highest BCUT2D eigenvalue weighted by molar-refractivity contribution is 5.69. The lowest BCUT2D eigenvalue weighted by Crippen LogP contribution is -2.58. The molecule has 33 heavy (non-hydrogen) atoms. The number of ether oxygens (including phenoxy) is 1. The zero-order valence-electron chi connectivity index (χ0n) is 19.3. The van der Waals surface area contributed by atoms with E-state index < -0.39 is 11.5 Å². The molecule has 2 aromatic heterocycles. The van der Waals surface area contributed by atoms with Crippen molar-refractivity contribution >= 4 is 6.09 Å². The zero-order valence-corrected chi connectivity index (χ0v) is 19.3. The molecule has 2 aliphatic heterocycles. The number of rotatable bonds is 4. The Morgan fingerprint density at radius 3 is 2.67 bits per heavy atom. The maximum atomic E-state index is 16.2. The molecule has 0 N–H and O–H groups in total. The van der Waals surface area contributed by atoms with Gasteiger partial charge in [0.1, 0.15) is 5.82 Å². The van der Waals surface area contributed by atoms with Gasteiger partial charge in [0.2, 0.25) is 0 Å². The Balaban J connectivity index is 1.24. The number of amides is 1. The van der Waals surface area contributed by atoms with Crippen molar-refractivity contribution < 1.29 is 18.3 Å². The number of aromatic nitrogens is 3. The predicted molar refractivity (Wildman–Crippen MR) is 119 cm³/mol. The fraction of sp³-hybridized carbons (Fsp3) is 0.625. The van der Waals surface area contributed by atoms with E-state index in [1.807, 2.05) is 6.92 Å². The van der Waals surface area contributed by atoms with Gasteiger partial charge in [-0.15, -0.1) is 0 Å². The highest BCUT2D eigenvalue weighted by Crippen LogP contribution is 2.49. The molecule has 1 spiro atoms. The van der Waals surface area contributed by atoms with E-state index in [2.05, 4.69) is 15.0 Å². The largest absolute Gasteiger partial charge is 0.450 e. The molecular weight excluding hydrogens is 428 g/mol. The van der Waals surface area contributed by atoms with Gasteiger partial charge in [-0.2, -0.15) is 5.10 Å². The number of piperidine rings is 1. The fourth-order valence-corrected chi connectivity index (χ4v) is 5.94. The normalized spacial score (nSPS) is 24.1. The second-order valence-electron chi connectivity index (χ2n) is 9.91. The van der Waals surface area contributed by atoms with Crippen LogP contribution in [-0.4, -0.2) is 69.5 Å². The first-order valence-corrected chi connectivity index (χ1v) is 11.8. The number of hydrogen-bond acceptors (Lipinski definition) is 5. The van der Waals surface area contributed by atoms with E-state index in [1.54, 1.807) is 29.0 Å². The lowest BCUT2D eigenvalue weighted by Gasteiger charge is -2.48. The maximum Gasteiger partial charge on any atom is 0.409 e. The fourth-order valence-electron chi connectivity index (χ4n) is 5.94. The lowest BCUT2D eigenvalue weighted by atomic mass is 9.78. The summed E-state index contributed by atoms with van der Waals surface area (Å²) in [7, 11) is 1.78. The second-order valence-corrected chi connectivity index (χ2v) is 9.91. The number of hydrogen-bond donors (Lipinski definition) is 0. The number of alkyl halides is 1. The van der Waals surface area contributed by atoms with Crippen LogP contribution in [0, 0.1) is 11.2 Å². The molecule has 1 saturated carbocycles. The third-order valence-corrected chi connectivity index (χ3v) is 7.66. The SMILES string of the molecule is CCOC(=O)N1CC2(CC[C@H](N3CCC(F)(c4ncc(F)cc4-c4cnn(C)c4)CC3)C2)C1. The molecule has 0 unspecified atom stereocenters. The van der Waals surface area contributed by atoms with Crippen LogP contribution < -0.4 is 0 Å². The van der Waals surface area contributed by atoms with Gasteiger partial charge in [-0.25, -0.2) is 13.6 Å². The van der Waals surface area contributed by atoms with Crippen molar-refractivity contribution in [2.75, 3.05) is 32.8 Å². The summed E-state index contributed by atoms with van der Waals surface area (Å²) in [6, 6.07) is 1.78. The van der Waals surface area contributed by atoms with Crippen molar-refractivity contribution in [1.29, 1.82) is 0 Å². The van der Waals surface area contributed by atoms with E-state index >= 15 is 4.39 Å². The van der Waals surface area contributed by atoms with E-state index in [4.69, 9.17) is 4.74 Å². The molecule has 2 aromatic rings. The Bertz CT molecular complexity index is 1030. The summed E-state index contributed by atoms with van der Waals surface area (Å²) in [5.74, 6) is -0.479. The summed E-state index contributed by atoms with van der Waals surface area (Å²) >= 11 is 0. The molecule has 4 heterocycles. The van der Waals surface area contributed by atoms with Gasteiger partial charge in [-0.3, -0.25) is 9.67 Å². The quantitative estimate of drug-likeness (QED) is 0.694. The van der Waals surface area contributed by atoms with Gasteiger partial charge in [0.05, 0.1) is 24.7 Å². The molecule has 0 bridgehead atoms. The number of likely N-dealkylation sites (tertiary alicyclic amines) is 2. The van der Waals surface area contributed by atoms with Crippen molar-refractivity contribution in [3.63, 3.8) is 0 Å². The summed E-state index contributed by atoms with van der Waals surface area (Å²) in [6.07, 6.45) is 8.13. The Labute approximate surface area is 192 Å². The number of carbonyl (C=O) groups excluding carboxylic acids is 1. The molecule has 178 valence electrons. The number of halogens is 2. The van der Waals surface area contributed by atoms with Gasteiger partial charge < -0.3 is 14.5 Å². The summed E-state index contributed by atoms with van der Waals surface area (Å²) < 4.78 is 36.9. The van der Waals surface area contributed by atoms with Crippen LogP contribution >= 0.6 is 0 Å². The Morgan fingerprint density at radius 2 is 2.00 bits per heavy atom. The minimum atomic E-state index is -1.59.